The highest BCUT2D eigenvalue weighted by atomic mass is 16.6. The summed E-state index contributed by atoms with van der Waals surface area (Å²) < 4.78 is 11.6. The fraction of sp³-hybridized carbons (Fsp3) is 0.516. The summed E-state index contributed by atoms with van der Waals surface area (Å²) in [6.45, 7) is 10.9. The largest absolute Gasteiger partial charge is 0.481 e. The van der Waals surface area contributed by atoms with Gasteiger partial charge >= 0.3 is 18.2 Å². The van der Waals surface area contributed by atoms with Crippen molar-refractivity contribution in [3.63, 3.8) is 0 Å². The monoisotopic (exact) mass is 536 g/mol. The summed E-state index contributed by atoms with van der Waals surface area (Å²) >= 11 is 0. The lowest BCUT2D eigenvalue weighted by atomic mass is 9.78. The van der Waals surface area contributed by atoms with Crippen LogP contribution in [0.4, 0.5) is 9.59 Å². The SMILES string of the molecule is CC(C)(C)OC(=O)N1CCC(N(CCCC(=O)O)C(=O)OCC2c3ccccc3-c3ccccc32)C(C)(C)C1. The molecule has 1 atom stereocenters. The Balaban J connectivity index is 1.50. The zero-order valence-corrected chi connectivity index (χ0v) is 23.6. The van der Waals surface area contributed by atoms with Crippen LogP contribution in [0, 0.1) is 5.41 Å². The minimum atomic E-state index is -0.901. The molecule has 0 aromatic heterocycles. The molecular weight excluding hydrogens is 496 g/mol. The summed E-state index contributed by atoms with van der Waals surface area (Å²) in [5.41, 5.74) is 3.53. The first-order valence-corrected chi connectivity index (χ1v) is 13.7. The summed E-state index contributed by atoms with van der Waals surface area (Å²) in [5, 5.41) is 9.21. The van der Waals surface area contributed by atoms with Crippen LogP contribution in [0.25, 0.3) is 11.1 Å². The van der Waals surface area contributed by atoms with Crippen LogP contribution >= 0.6 is 0 Å². The molecule has 8 heteroatoms. The number of nitrogens with zero attached hydrogens (tertiary/aromatic N) is 2. The number of carboxylic acid groups (broad SMARTS) is 1. The predicted octanol–water partition coefficient (Wildman–Crippen LogP) is 6.14. The highest BCUT2D eigenvalue weighted by Crippen LogP contribution is 2.44. The van der Waals surface area contributed by atoms with E-state index in [2.05, 4.69) is 24.3 Å². The van der Waals surface area contributed by atoms with Crippen LogP contribution in [0.15, 0.2) is 48.5 Å². The number of fused-ring (bicyclic) bond motifs is 3. The smallest absolute Gasteiger partial charge is 0.410 e. The van der Waals surface area contributed by atoms with Gasteiger partial charge in [0.05, 0.1) is 0 Å². The van der Waals surface area contributed by atoms with Crippen molar-refractivity contribution < 1.29 is 29.0 Å². The van der Waals surface area contributed by atoms with Crippen LogP contribution in [0.1, 0.15) is 70.9 Å². The van der Waals surface area contributed by atoms with Crippen molar-refractivity contribution in [2.75, 3.05) is 26.2 Å². The van der Waals surface area contributed by atoms with Gasteiger partial charge in [-0.2, -0.15) is 0 Å². The molecular formula is C31H40N2O6. The second-order valence-electron chi connectivity index (χ2n) is 12.2. The van der Waals surface area contributed by atoms with Gasteiger partial charge in [0, 0.05) is 43.4 Å². The van der Waals surface area contributed by atoms with E-state index >= 15 is 0 Å². The minimum Gasteiger partial charge on any atom is -0.481 e. The molecule has 0 saturated carbocycles. The maximum absolute atomic E-state index is 13.6. The zero-order chi connectivity index (χ0) is 28.4. The predicted molar refractivity (Wildman–Crippen MR) is 149 cm³/mol. The summed E-state index contributed by atoms with van der Waals surface area (Å²) in [4.78, 5) is 41.0. The number of carbonyl (C=O) groups excluding carboxylic acids is 2. The topological polar surface area (TPSA) is 96.4 Å². The standard InChI is InChI=1S/C31H40N2O6/c1-30(2,3)39-28(36)32-18-16-26(31(4,5)20-32)33(17-10-15-27(34)35)29(37)38-19-25-23-13-8-6-11-21(23)22-12-7-9-14-24(22)25/h6-9,11-14,25-26H,10,15-20H2,1-5H3,(H,34,35). The highest BCUT2D eigenvalue weighted by molar-refractivity contribution is 5.79. The third kappa shape index (κ3) is 6.54. The van der Waals surface area contributed by atoms with Crippen molar-refractivity contribution in [3.8, 4) is 11.1 Å². The zero-order valence-electron chi connectivity index (χ0n) is 23.6. The molecule has 1 aliphatic carbocycles. The normalized spacial score (nSPS) is 18.2. The number of carbonyl (C=O) groups is 3. The summed E-state index contributed by atoms with van der Waals surface area (Å²) in [5.74, 6) is -0.967. The minimum absolute atomic E-state index is 0.0374. The lowest BCUT2D eigenvalue weighted by molar-refractivity contribution is -0.137. The molecule has 0 spiro atoms. The van der Waals surface area contributed by atoms with Gasteiger partial charge in [-0.3, -0.25) is 4.79 Å². The average molecular weight is 537 g/mol. The molecule has 2 amide bonds. The molecule has 1 aliphatic heterocycles. The van der Waals surface area contributed by atoms with E-state index in [0.717, 1.165) is 22.3 Å². The molecule has 2 aromatic rings. The van der Waals surface area contributed by atoms with E-state index < -0.39 is 23.1 Å². The second kappa shape index (κ2) is 11.3. The van der Waals surface area contributed by atoms with Crippen LogP contribution in [0.5, 0.6) is 0 Å². The number of likely N-dealkylation sites (tertiary alicyclic amines) is 1. The molecule has 1 fully saturated rings. The van der Waals surface area contributed by atoms with Gasteiger partial charge in [0.15, 0.2) is 0 Å². The van der Waals surface area contributed by atoms with Gasteiger partial charge in [-0.15, -0.1) is 0 Å². The number of hydrogen-bond donors (Lipinski definition) is 1. The Labute approximate surface area is 230 Å². The van der Waals surface area contributed by atoms with E-state index in [1.54, 1.807) is 9.80 Å². The summed E-state index contributed by atoms with van der Waals surface area (Å²) in [6.07, 6.45) is 0.00840. The maximum atomic E-state index is 13.6. The number of hydrogen-bond acceptors (Lipinski definition) is 5. The number of carboxylic acids is 1. The van der Waals surface area contributed by atoms with Crippen molar-refractivity contribution >= 4 is 18.2 Å². The Morgan fingerprint density at radius 3 is 2.15 bits per heavy atom. The van der Waals surface area contributed by atoms with E-state index in [4.69, 9.17) is 9.47 Å². The first kappa shape index (κ1) is 28.5. The third-order valence-electron chi connectivity index (χ3n) is 7.56. The molecule has 2 aromatic carbocycles. The lowest BCUT2D eigenvalue weighted by Gasteiger charge is -2.48. The van der Waals surface area contributed by atoms with Crippen LogP contribution in [-0.2, 0) is 14.3 Å². The number of amides is 2. The molecule has 4 rings (SSSR count). The average Bonchev–Trinajstić information content (AvgIpc) is 3.17. The third-order valence-corrected chi connectivity index (χ3v) is 7.56. The molecule has 1 heterocycles. The van der Waals surface area contributed by atoms with Crippen LogP contribution in [0.3, 0.4) is 0 Å². The number of piperidine rings is 1. The van der Waals surface area contributed by atoms with Crippen LogP contribution < -0.4 is 0 Å². The van der Waals surface area contributed by atoms with Gasteiger partial charge in [-0.05, 0) is 55.9 Å². The van der Waals surface area contributed by atoms with E-state index in [9.17, 15) is 19.5 Å². The molecule has 210 valence electrons. The van der Waals surface area contributed by atoms with Gasteiger partial charge in [0.2, 0.25) is 0 Å². The summed E-state index contributed by atoms with van der Waals surface area (Å²) in [6, 6.07) is 16.1. The molecule has 1 saturated heterocycles. The molecule has 8 nitrogen and oxygen atoms in total. The van der Waals surface area contributed by atoms with E-state index in [0.29, 0.717) is 25.9 Å². The Hall–Kier alpha value is -3.55. The number of benzene rings is 2. The van der Waals surface area contributed by atoms with Crippen molar-refractivity contribution in [2.45, 2.75) is 71.4 Å². The molecule has 1 N–H and O–H groups in total. The van der Waals surface area contributed by atoms with Gasteiger partial charge in [-0.25, -0.2) is 9.59 Å². The molecule has 39 heavy (non-hydrogen) atoms. The second-order valence-corrected chi connectivity index (χ2v) is 12.2. The number of aliphatic carboxylic acids is 1. The van der Waals surface area contributed by atoms with Crippen molar-refractivity contribution in [1.82, 2.24) is 9.80 Å². The van der Waals surface area contributed by atoms with Crippen LogP contribution in [0.2, 0.25) is 0 Å². The summed E-state index contributed by atoms with van der Waals surface area (Å²) in [7, 11) is 0. The molecule has 2 aliphatic rings. The quantitative estimate of drug-likeness (QED) is 0.457. The Kier molecular flexibility index (Phi) is 8.23. The number of rotatable bonds is 7. The fourth-order valence-electron chi connectivity index (χ4n) is 5.86. The van der Waals surface area contributed by atoms with Crippen molar-refractivity contribution in [2.24, 2.45) is 5.41 Å². The van der Waals surface area contributed by atoms with Gasteiger partial charge in [0.25, 0.3) is 0 Å². The van der Waals surface area contributed by atoms with Crippen molar-refractivity contribution in [3.05, 3.63) is 59.7 Å². The Morgan fingerprint density at radius 2 is 1.62 bits per heavy atom. The lowest BCUT2D eigenvalue weighted by Crippen LogP contribution is -2.59. The maximum Gasteiger partial charge on any atom is 0.410 e. The molecule has 1 unspecified atom stereocenters. The van der Waals surface area contributed by atoms with E-state index in [1.165, 1.54) is 0 Å². The van der Waals surface area contributed by atoms with Crippen molar-refractivity contribution in [1.29, 1.82) is 0 Å². The number of ether oxygens (including phenoxy) is 2. The molecule has 0 bridgehead atoms. The van der Waals surface area contributed by atoms with Crippen LogP contribution in [-0.4, -0.2) is 70.9 Å². The van der Waals surface area contributed by atoms with E-state index in [1.807, 2.05) is 58.9 Å². The first-order valence-electron chi connectivity index (χ1n) is 13.7. The first-order chi connectivity index (χ1) is 18.4. The van der Waals surface area contributed by atoms with Gasteiger partial charge in [0.1, 0.15) is 12.2 Å². The van der Waals surface area contributed by atoms with Gasteiger partial charge in [-0.1, -0.05) is 62.4 Å². The fourth-order valence-corrected chi connectivity index (χ4v) is 5.86. The Morgan fingerprint density at radius 1 is 1.03 bits per heavy atom. The highest BCUT2D eigenvalue weighted by Gasteiger charge is 2.44. The Bertz CT molecular complexity index is 1170. The van der Waals surface area contributed by atoms with E-state index in [-0.39, 0.29) is 37.6 Å². The van der Waals surface area contributed by atoms with Gasteiger partial charge < -0.3 is 24.4 Å². The molecule has 0 radical (unpaired) electrons.